The molecule has 0 spiro atoms. The summed E-state index contributed by atoms with van der Waals surface area (Å²) >= 11 is 1.86. The maximum atomic E-state index is 6.41. The summed E-state index contributed by atoms with van der Waals surface area (Å²) in [5, 5.41) is 9.40. The molecule has 9 aromatic carbocycles. The number of furan rings is 1. The number of benzene rings is 9. The predicted molar refractivity (Wildman–Crippen MR) is 236 cm³/mol. The maximum absolute atomic E-state index is 6.41. The molecule has 56 heavy (non-hydrogen) atoms. The zero-order valence-corrected chi connectivity index (χ0v) is 30.8. The van der Waals surface area contributed by atoms with E-state index in [1.54, 1.807) is 0 Å². The van der Waals surface area contributed by atoms with E-state index >= 15 is 0 Å². The lowest BCUT2D eigenvalue weighted by Crippen LogP contribution is -1.93. The van der Waals surface area contributed by atoms with E-state index in [0.29, 0.717) is 0 Å². The number of para-hydroxylation sites is 2. The summed E-state index contributed by atoms with van der Waals surface area (Å²) in [5.41, 5.74) is 12.4. The average Bonchev–Trinajstić information content (AvgIpc) is 3.85. The molecule has 12 rings (SSSR count). The Kier molecular flexibility index (Phi) is 6.80. The van der Waals surface area contributed by atoms with Crippen molar-refractivity contribution in [3.8, 4) is 44.6 Å². The number of hydrogen-bond donors (Lipinski definition) is 0. The average molecular weight is 731 g/mol. The van der Waals surface area contributed by atoms with E-state index in [-0.39, 0.29) is 0 Å². The van der Waals surface area contributed by atoms with Gasteiger partial charge < -0.3 is 4.42 Å². The minimum atomic E-state index is 0.857. The van der Waals surface area contributed by atoms with E-state index in [0.717, 1.165) is 77.3 Å². The summed E-state index contributed by atoms with van der Waals surface area (Å²) in [5.74, 6) is 0. The maximum Gasteiger partial charge on any atom is 0.143 e. The van der Waals surface area contributed by atoms with E-state index in [2.05, 4.69) is 164 Å². The molecule has 0 unspecified atom stereocenters. The second kappa shape index (κ2) is 12.2. The van der Waals surface area contributed by atoms with Crippen molar-refractivity contribution in [1.82, 2.24) is 9.97 Å². The topological polar surface area (TPSA) is 38.9 Å². The number of aromatic nitrogens is 2. The third-order valence-electron chi connectivity index (χ3n) is 11.3. The normalized spacial score (nSPS) is 11.9. The van der Waals surface area contributed by atoms with Gasteiger partial charge in [0.2, 0.25) is 0 Å². The van der Waals surface area contributed by atoms with Crippen LogP contribution in [-0.4, -0.2) is 9.97 Å². The van der Waals surface area contributed by atoms with Gasteiger partial charge in [-0.1, -0.05) is 146 Å². The third-order valence-corrected chi connectivity index (χ3v) is 12.5. The van der Waals surface area contributed by atoms with Crippen molar-refractivity contribution in [2.75, 3.05) is 0 Å². The summed E-state index contributed by atoms with van der Waals surface area (Å²) in [6.45, 7) is 0. The van der Waals surface area contributed by atoms with Gasteiger partial charge in [0.25, 0.3) is 0 Å². The van der Waals surface area contributed by atoms with Gasteiger partial charge in [0.05, 0.1) is 22.9 Å². The second-order valence-corrected chi connectivity index (χ2v) is 15.5. The highest BCUT2D eigenvalue weighted by molar-refractivity contribution is 7.26. The molecule has 0 atom stereocenters. The minimum absolute atomic E-state index is 0.857. The van der Waals surface area contributed by atoms with Crippen molar-refractivity contribution in [3.63, 3.8) is 0 Å². The molecule has 0 saturated carbocycles. The van der Waals surface area contributed by atoms with E-state index in [9.17, 15) is 0 Å². The van der Waals surface area contributed by atoms with E-state index in [1.807, 2.05) is 29.7 Å². The molecular weight excluding hydrogens is 701 g/mol. The Balaban J connectivity index is 0.990. The van der Waals surface area contributed by atoms with Crippen LogP contribution in [-0.2, 0) is 0 Å². The summed E-state index contributed by atoms with van der Waals surface area (Å²) in [6.07, 6.45) is 1.94. The van der Waals surface area contributed by atoms with Crippen LogP contribution in [0.1, 0.15) is 0 Å². The van der Waals surface area contributed by atoms with E-state index in [1.165, 1.54) is 42.1 Å². The van der Waals surface area contributed by atoms with Crippen molar-refractivity contribution < 1.29 is 4.42 Å². The Labute approximate surface area is 325 Å². The first-order valence-electron chi connectivity index (χ1n) is 18.9. The summed E-state index contributed by atoms with van der Waals surface area (Å²) in [7, 11) is 0. The highest BCUT2D eigenvalue weighted by Gasteiger charge is 2.17. The molecule has 260 valence electrons. The van der Waals surface area contributed by atoms with Crippen LogP contribution in [0.4, 0.5) is 0 Å². The first kappa shape index (κ1) is 31.2. The Morgan fingerprint density at radius 3 is 1.91 bits per heavy atom. The molecule has 0 saturated heterocycles. The number of nitrogens with zero attached hydrogens (tertiary/aromatic N) is 2. The first-order chi connectivity index (χ1) is 27.7. The molecule has 3 aromatic heterocycles. The smallest absolute Gasteiger partial charge is 0.143 e. The van der Waals surface area contributed by atoms with Crippen molar-refractivity contribution in [3.05, 3.63) is 182 Å². The lowest BCUT2D eigenvalue weighted by Gasteiger charge is -2.13. The lowest BCUT2D eigenvalue weighted by atomic mass is 9.94. The summed E-state index contributed by atoms with van der Waals surface area (Å²) in [4.78, 5) is 10.6. The zero-order valence-electron chi connectivity index (χ0n) is 30.0. The van der Waals surface area contributed by atoms with Gasteiger partial charge in [-0.3, -0.25) is 4.98 Å². The lowest BCUT2D eigenvalue weighted by molar-refractivity contribution is 0.670. The summed E-state index contributed by atoms with van der Waals surface area (Å²) < 4.78 is 9.03. The molecule has 0 aliphatic carbocycles. The molecule has 0 N–H and O–H groups in total. The fourth-order valence-corrected chi connectivity index (χ4v) is 9.89. The molecule has 0 aliphatic rings. The Bertz CT molecular complexity index is 3360. The second-order valence-electron chi connectivity index (χ2n) is 14.5. The first-order valence-corrected chi connectivity index (χ1v) is 19.7. The zero-order chi connectivity index (χ0) is 36.7. The standard InChI is InChI=1S/C52H30N2OS/c1-2-18-42-38(15-1)39-26-25-32(31-11-7-12-33(27-31)36-19-9-21-43-40-16-3-5-23-47(40)55-51(36)43)29-45(39)49-50(42)54-46(30-53-49)35-14-8-13-34(28-35)37-20-10-22-44-41-17-4-6-24-48(41)56-52(37)44/h1-30H. The van der Waals surface area contributed by atoms with Crippen molar-refractivity contribution in [2.45, 2.75) is 0 Å². The van der Waals surface area contributed by atoms with Gasteiger partial charge in [0, 0.05) is 52.8 Å². The van der Waals surface area contributed by atoms with E-state index in [4.69, 9.17) is 14.4 Å². The Morgan fingerprint density at radius 2 is 1.02 bits per heavy atom. The number of hydrogen-bond acceptors (Lipinski definition) is 4. The molecule has 12 aromatic rings. The van der Waals surface area contributed by atoms with Crippen LogP contribution in [0.15, 0.2) is 187 Å². The third kappa shape index (κ3) is 4.76. The predicted octanol–water partition coefficient (Wildman–Crippen LogP) is 14.9. The molecule has 0 fully saturated rings. The number of fused-ring (bicyclic) bond motifs is 12. The summed E-state index contributed by atoms with van der Waals surface area (Å²) in [6, 6.07) is 62.8. The van der Waals surface area contributed by atoms with Gasteiger partial charge in [-0.15, -0.1) is 11.3 Å². The quantitative estimate of drug-likeness (QED) is 0.169. The van der Waals surface area contributed by atoms with Gasteiger partial charge in [0.15, 0.2) is 0 Å². The van der Waals surface area contributed by atoms with Crippen molar-refractivity contribution >= 4 is 86.0 Å². The van der Waals surface area contributed by atoms with Crippen LogP contribution in [0.3, 0.4) is 0 Å². The van der Waals surface area contributed by atoms with Crippen LogP contribution in [0.2, 0.25) is 0 Å². The molecule has 4 heteroatoms. The van der Waals surface area contributed by atoms with Crippen LogP contribution >= 0.6 is 11.3 Å². The fraction of sp³-hybridized carbons (Fsp3) is 0. The highest BCUT2D eigenvalue weighted by atomic mass is 32.1. The Hall–Kier alpha value is -7.14. The van der Waals surface area contributed by atoms with E-state index < -0.39 is 0 Å². The van der Waals surface area contributed by atoms with Crippen LogP contribution in [0, 0.1) is 0 Å². The van der Waals surface area contributed by atoms with Gasteiger partial charge in [-0.05, 0) is 68.9 Å². The number of rotatable bonds is 4. The molecule has 3 nitrogen and oxygen atoms in total. The molecule has 0 bridgehead atoms. The van der Waals surface area contributed by atoms with Crippen molar-refractivity contribution in [2.24, 2.45) is 0 Å². The molecule has 0 aliphatic heterocycles. The van der Waals surface area contributed by atoms with Crippen LogP contribution in [0.5, 0.6) is 0 Å². The number of thiophene rings is 1. The largest absolute Gasteiger partial charge is 0.455 e. The minimum Gasteiger partial charge on any atom is -0.455 e. The van der Waals surface area contributed by atoms with Crippen molar-refractivity contribution in [1.29, 1.82) is 0 Å². The van der Waals surface area contributed by atoms with Crippen LogP contribution in [0.25, 0.3) is 119 Å². The molecule has 0 radical (unpaired) electrons. The fourth-order valence-electron chi connectivity index (χ4n) is 8.65. The van der Waals surface area contributed by atoms with Crippen LogP contribution < -0.4 is 0 Å². The molecule has 3 heterocycles. The molecular formula is C52H30N2OS. The highest BCUT2D eigenvalue weighted by Crippen LogP contribution is 2.42. The van der Waals surface area contributed by atoms with Gasteiger partial charge in [0.1, 0.15) is 11.2 Å². The molecule has 0 amide bonds. The Morgan fingerprint density at radius 1 is 0.393 bits per heavy atom. The monoisotopic (exact) mass is 730 g/mol. The SMILES string of the molecule is c1cc(-c2ccc3c4ccccc4c4nc(-c5cccc(-c6cccc7c6sc6ccccc67)c5)cnc4c3c2)cc(-c2cccc3c2oc2ccccc23)c1. The van der Waals surface area contributed by atoms with Gasteiger partial charge in [-0.25, -0.2) is 4.98 Å². The van der Waals surface area contributed by atoms with Gasteiger partial charge in [-0.2, -0.15) is 0 Å². The van der Waals surface area contributed by atoms with Gasteiger partial charge >= 0.3 is 0 Å².